The molecule has 0 N–H and O–H groups in total. The summed E-state index contributed by atoms with van der Waals surface area (Å²) < 4.78 is 4.87. The SMILES string of the molecule is COC(=O)[C@H]1C=C[C@@H](C)[C@@H]2C=CC=C[C@H]1C2. The number of methoxy groups -OCH3 is 1. The Bertz CT molecular complexity index is 352. The van der Waals surface area contributed by atoms with Crippen LogP contribution in [-0.4, -0.2) is 13.1 Å². The topological polar surface area (TPSA) is 26.3 Å². The average Bonchev–Trinajstić information content (AvgIpc) is 2.62. The first-order valence-corrected chi connectivity index (χ1v) is 5.83. The lowest BCUT2D eigenvalue weighted by atomic mass is 9.84. The van der Waals surface area contributed by atoms with Crippen molar-refractivity contribution < 1.29 is 9.53 Å². The number of rotatable bonds is 1. The van der Waals surface area contributed by atoms with E-state index >= 15 is 0 Å². The second-order valence-electron chi connectivity index (χ2n) is 4.63. The number of carbonyl (C=O) groups excluding carboxylic acids is 1. The van der Waals surface area contributed by atoms with Gasteiger partial charge in [0.05, 0.1) is 13.0 Å². The number of fused-ring (bicyclic) bond motifs is 2. The van der Waals surface area contributed by atoms with Crippen molar-refractivity contribution in [1.29, 1.82) is 0 Å². The highest BCUT2D eigenvalue weighted by Crippen LogP contribution is 2.35. The predicted octanol–water partition coefficient (Wildman–Crippen LogP) is 2.73. The van der Waals surface area contributed by atoms with Crippen molar-refractivity contribution in [2.24, 2.45) is 23.7 Å². The van der Waals surface area contributed by atoms with Gasteiger partial charge in [-0.15, -0.1) is 0 Å². The Kier molecular flexibility index (Phi) is 3.28. The fourth-order valence-electron chi connectivity index (χ4n) is 2.51. The zero-order chi connectivity index (χ0) is 11.5. The van der Waals surface area contributed by atoms with E-state index in [0.717, 1.165) is 6.42 Å². The summed E-state index contributed by atoms with van der Waals surface area (Å²) in [4.78, 5) is 11.7. The molecule has 16 heavy (non-hydrogen) atoms. The number of carbonyl (C=O) groups is 1. The number of esters is 1. The van der Waals surface area contributed by atoms with Gasteiger partial charge in [-0.25, -0.2) is 0 Å². The van der Waals surface area contributed by atoms with Gasteiger partial charge in [0.25, 0.3) is 0 Å². The van der Waals surface area contributed by atoms with Gasteiger partial charge < -0.3 is 4.74 Å². The monoisotopic (exact) mass is 218 g/mol. The quantitative estimate of drug-likeness (QED) is 0.499. The van der Waals surface area contributed by atoms with E-state index in [1.165, 1.54) is 7.11 Å². The molecule has 0 fully saturated rings. The summed E-state index contributed by atoms with van der Waals surface area (Å²) in [5.41, 5.74) is 0. The largest absolute Gasteiger partial charge is 0.469 e. The van der Waals surface area contributed by atoms with Crippen LogP contribution in [0.25, 0.3) is 0 Å². The van der Waals surface area contributed by atoms with Crippen molar-refractivity contribution >= 4 is 5.97 Å². The lowest BCUT2D eigenvalue weighted by molar-refractivity contribution is -0.144. The van der Waals surface area contributed by atoms with Gasteiger partial charge in [-0.3, -0.25) is 4.79 Å². The maximum Gasteiger partial charge on any atom is 0.313 e. The zero-order valence-corrected chi connectivity index (χ0v) is 9.80. The van der Waals surface area contributed by atoms with Crippen molar-refractivity contribution in [2.75, 3.05) is 7.11 Å². The molecule has 0 saturated carbocycles. The van der Waals surface area contributed by atoms with Crippen LogP contribution in [0, 0.1) is 23.7 Å². The minimum atomic E-state index is -0.124. The van der Waals surface area contributed by atoms with Crippen molar-refractivity contribution in [3.63, 3.8) is 0 Å². The molecule has 0 aromatic heterocycles. The molecule has 0 spiro atoms. The van der Waals surface area contributed by atoms with Crippen molar-refractivity contribution in [1.82, 2.24) is 0 Å². The van der Waals surface area contributed by atoms with E-state index in [0.29, 0.717) is 11.8 Å². The first-order chi connectivity index (χ1) is 7.72. The molecule has 2 rings (SSSR count). The lowest BCUT2D eigenvalue weighted by Gasteiger charge is -2.20. The summed E-state index contributed by atoms with van der Waals surface area (Å²) >= 11 is 0. The Morgan fingerprint density at radius 3 is 2.50 bits per heavy atom. The number of hydrogen-bond donors (Lipinski definition) is 0. The van der Waals surface area contributed by atoms with Crippen LogP contribution in [0.5, 0.6) is 0 Å². The van der Waals surface area contributed by atoms with Gasteiger partial charge in [-0.1, -0.05) is 43.4 Å². The predicted molar refractivity (Wildman–Crippen MR) is 63.7 cm³/mol. The molecule has 0 amide bonds. The van der Waals surface area contributed by atoms with Gasteiger partial charge in [0, 0.05) is 0 Å². The van der Waals surface area contributed by atoms with E-state index in [9.17, 15) is 4.79 Å². The van der Waals surface area contributed by atoms with Crippen molar-refractivity contribution in [3.8, 4) is 0 Å². The fourth-order valence-corrected chi connectivity index (χ4v) is 2.51. The molecular weight excluding hydrogens is 200 g/mol. The molecule has 2 aliphatic rings. The van der Waals surface area contributed by atoms with Gasteiger partial charge in [-0.2, -0.15) is 0 Å². The maximum atomic E-state index is 11.7. The smallest absolute Gasteiger partial charge is 0.313 e. The highest BCUT2D eigenvalue weighted by molar-refractivity contribution is 5.75. The first kappa shape index (κ1) is 11.2. The molecule has 4 atom stereocenters. The number of ether oxygens (including phenoxy) is 1. The van der Waals surface area contributed by atoms with E-state index in [2.05, 4.69) is 31.2 Å². The van der Waals surface area contributed by atoms with E-state index in [1.807, 2.05) is 12.2 Å². The molecule has 0 saturated heterocycles. The van der Waals surface area contributed by atoms with E-state index < -0.39 is 0 Å². The minimum Gasteiger partial charge on any atom is -0.469 e. The Morgan fingerprint density at radius 1 is 1.12 bits per heavy atom. The molecule has 2 aliphatic carbocycles. The van der Waals surface area contributed by atoms with Crippen LogP contribution in [0.15, 0.2) is 36.5 Å². The molecular formula is C14H18O2. The molecule has 2 nitrogen and oxygen atoms in total. The van der Waals surface area contributed by atoms with Gasteiger partial charge in [-0.05, 0) is 24.2 Å². The van der Waals surface area contributed by atoms with Crippen molar-refractivity contribution in [2.45, 2.75) is 13.3 Å². The first-order valence-electron chi connectivity index (χ1n) is 5.83. The highest BCUT2D eigenvalue weighted by Gasteiger charge is 2.31. The van der Waals surface area contributed by atoms with Crippen LogP contribution in [0.1, 0.15) is 13.3 Å². The third-order valence-electron chi connectivity index (χ3n) is 3.60. The highest BCUT2D eigenvalue weighted by atomic mass is 16.5. The van der Waals surface area contributed by atoms with Crippen LogP contribution in [0.3, 0.4) is 0 Å². The van der Waals surface area contributed by atoms with Crippen LogP contribution < -0.4 is 0 Å². The van der Waals surface area contributed by atoms with Crippen LogP contribution in [0.4, 0.5) is 0 Å². The summed E-state index contributed by atoms with van der Waals surface area (Å²) in [6.07, 6.45) is 13.7. The Hall–Kier alpha value is -1.31. The molecule has 0 unspecified atom stereocenters. The number of hydrogen-bond acceptors (Lipinski definition) is 2. The van der Waals surface area contributed by atoms with E-state index in [1.54, 1.807) is 0 Å². The molecule has 2 bridgehead atoms. The van der Waals surface area contributed by atoms with Gasteiger partial charge in [0.15, 0.2) is 0 Å². The van der Waals surface area contributed by atoms with E-state index in [-0.39, 0.29) is 17.8 Å². The lowest BCUT2D eigenvalue weighted by Crippen LogP contribution is -2.22. The zero-order valence-electron chi connectivity index (χ0n) is 9.80. The summed E-state index contributed by atoms with van der Waals surface area (Å²) in [6, 6.07) is 0. The maximum absolute atomic E-state index is 11.7. The Morgan fingerprint density at radius 2 is 1.81 bits per heavy atom. The average molecular weight is 218 g/mol. The summed E-state index contributed by atoms with van der Waals surface area (Å²) in [6.45, 7) is 2.20. The van der Waals surface area contributed by atoms with E-state index in [4.69, 9.17) is 4.74 Å². The standard InChI is InChI=1S/C14H18O2/c1-10-7-8-13(14(15)16-2)12-6-4-3-5-11(10)9-12/h3-8,10-13H,9H2,1-2H3/t10-,11-,12+,13+/m1/s1. The second kappa shape index (κ2) is 4.69. The molecule has 0 aromatic carbocycles. The summed E-state index contributed by atoms with van der Waals surface area (Å²) in [5.74, 6) is 1.06. The normalized spacial score (nSPS) is 36.6. The van der Waals surface area contributed by atoms with Gasteiger partial charge in [0.2, 0.25) is 0 Å². The van der Waals surface area contributed by atoms with Gasteiger partial charge in [0.1, 0.15) is 0 Å². The molecule has 0 radical (unpaired) electrons. The fraction of sp³-hybridized carbons (Fsp3) is 0.500. The second-order valence-corrected chi connectivity index (χ2v) is 4.63. The molecule has 0 heterocycles. The Balaban J connectivity index is 2.28. The Labute approximate surface area is 96.7 Å². The van der Waals surface area contributed by atoms with Crippen molar-refractivity contribution in [3.05, 3.63) is 36.5 Å². The molecule has 2 heteroatoms. The van der Waals surface area contributed by atoms with Crippen LogP contribution >= 0.6 is 0 Å². The van der Waals surface area contributed by atoms with Crippen LogP contribution in [-0.2, 0) is 9.53 Å². The third-order valence-corrected chi connectivity index (χ3v) is 3.60. The summed E-state index contributed by atoms with van der Waals surface area (Å²) in [7, 11) is 1.46. The third kappa shape index (κ3) is 2.11. The van der Waals surface area contributed by atoms with Gasteiger partial charge >= 0.3 is 5.97 Å². The number of allylic oxidation sites excluding steroid dienone is 5. The van der Waals surface area contributed by atoms with Crippen LogP contribution in [0.2, 0.25) is 0 Å². The summed E-state index contributed by atoms with van der Waals surface area (Å²) in [5, 5.41) is 0. The molecule has 0 aromatic rings. The minimum absolute atomic E-state index is 0.117. The molecule has 0 aliphatic heterocycles. The molecule has 86 valence electrons.